The Labute approximate surface area is 81.4 Å². The highest BCUT2D eigenvalue weighted by molar-refractivity contribution is 5.45. The molecule has 1 aromatic rings. The van der Waals surface area contributed by atoms with Crippen LogP contribution in [-0.2, 0) is 0 Å². The van der Waals surface area contributed by atoms with Crippen LogP contribution in [0.1, 0.15) is 12.6 Å². The van der Waals surface area contributed by atoms with Gasteiger partial charge >= 0.3 is 0 Å². The molecule has 1 saturated heterocycles. The average molecular weight is 197 g/mol. The van der Waals surface area contributed by atoms with Gasteiger partial charge in [0, 0.05) is 13.1 Å². The van der Waals surface area contributed by atoms with Gasteiger partial charge in [0.25, 0.3) is 0 Å². The van der Waals surface area contributed by atoms with E-state index >= 15 is 0 Å². The highest BCUT2D eigenvalue weighted by Gasteiger charge is 2.38. The number of hydrogen-bond donors (Lipinski definition) is 1. The minimum absolute atomic E-state index is 0.282. The Kier molecular flexibility index (Phi) is 1.92. The van der Waals surface area contributed by atoms with Crippen LogP contribution in [0.4, 0.5) is 10.2 Å². The van der Waals surface area contributed by atoms with Gasteiger partial charge in [-0.15, -0.1) is 0 Å². The minimum Gasteiger partial charge on any atom is -0.386 e. The van der Waals surface area contributed by atoms with Crippen molar-refractivity contribution in [2.45, 2.75) is 19.4 Å². The van der Waals surface area contributed by atoms with Gasteiger partial charge in [-0.3, -0.25) is 0 Å². The van der Waals surface area contributed by atoms with Crippen LogP contribution < -0.4 is 4.90 Å². The van der Waals surface area contributed by atoms with E-state index in [2.05, 4.69) is 9.97 Å². The largest absolute Gasteiger partial charge is 0.386 e. The van der Waals surface area contributed by atoms with Crippen LogP contribution in [0, 0.1) is 12.7 Å². The Morgan fingerprint density at radius 3 is 2.71 bits per heavy atom. The fraction of sp³-hybridized carbons (Fsp3) is 0.556. The molecule has 5 heteroatoms. The Morgan fingerprint density at radius 1 is 1.50 bits per heavy atom. The van der Waals surface area contributed by atoms with Crippen molar-refractivity contribution >= 4 is 5.82 Å². The summed E-state index contributed by atoms with van der Waals surface area (Å²) >= 11 is 0. The van der Waals surface area contributed by atoms with Crippen LogP contribution in [0.25, 0.3) is 0 Å². The van der Waals surface area contributed by atoms with Gasteiger partial charge in [0.1, 0.15) is 6.33 Å². The first kappa shape index (κ1) is 9.33. The van der Waals surface area contributed by atoms with Crippen molar-refractivity contribution in [1.29, 1.82) is 0 Å². The Morgan fingerprint density at radius 2 is 2.14 bits per heavy atom. The van der Waals surface area contributed by atoms with Crippen LogP contribution in [-0.4, -0.2) is 33.8 Å². The molecule has 0 atom stereocenters. The molecule has 0 unspecified atom stereocenters. The third-order valence-corrected chi connectivity index (χ3v) is 2.31. The van der Waals surface area contributed by atoms with E-state index < -0.39 is 11.4 Å². The zero-order valence-corrected chi connectivity index (χ0v) is 8.16. The maximum absolute atomic E-state index is 13.5. The molecular formula is C9H12FN3O. The second-order valence-electron chi connectivity index (χ2n) is 3.95. The van der Waals surface area contributed by atoms with Gasteiger partial charge < -0.3 is 10.0 Å². The Hall–Kier alpha value is -1.23. The number of anilines is 1. The zero-order valence-electron chi connectivity index (χ0n) is 8.16. The first-order valence-corrected chi connectivity index (χ1v) is 4.44. The number of aryl methyl sites for hydroxylation is 1. The maximum atomic E-state index is 13.5. The molecule has 76 valence electrons. The van der Waals surface area contributed by atoms with Crippen LogP contribution in [0.5, 0.6) is 0 Å². The lowest BCUT2D eigenvalue weighted by Crippen LogP contribution is -2.60. The van der Waals surface area contributed by atoms with Crippen molar-refractivity contribution in [1.82, 2.24) is 9.97 Å². The molecule has 4 nitrogen and oxygen atoms in total. The summed E-state index contributed by atoms with van der Waals surface area (Å²) in [6, 6.07) is 0. The standard InChI is InChI=1S/C9H12FN3O/c1-6-7(10)8(12-5-11-6)13-3-9(2,14)4-13/h5,14H,3-4H2,1-2H3. The maximum Gasteiger partial charge on any atom is 0.186 e. The molecule has 1 N–H and O–H groups in total. The highest BCUT2D eigenvalue weighted by atomic mass is 19.1. The summed E-state index contributed by atoms with van der Waals surface area (Å²) in [5, 5.41) is 9.50. The minimum atomic E-state index is -0.717. The van der Waals surface area contributed by atoms with E-state index in [0.717, 1.165) is 0 Å². The fourth-order valence-corrected chi connectivity index (χ4v) is 1.59. The fourth-order valence-electron chi connectivity index (χ4n) is 1.59. The van der Waals surface area contributed by atoms with E-state index in [9.17, 15) is 9.50 Å². The van der Waals surface area contributed by atoms with Crippen molar-refractivity contribution in [3.63, 3.8) is 0 Å². The van der Waals surface area contributed by atoms with Gasteiger partial charge in [-0.05, 0) is 13.8 Å². The number of aliphatic hydroxyl groups is 1. The third-order valence-electron chi connectivity index (χ3n) is 2.31. The molecular weight excluding hydrogens is 185 g/mol. The molecule has 2 rings (SSSR count). The monoisotopic (exact) mass is 197 g/mol. The molecule has 1 aliphatic heterocycles. The van der Waals surface area contributed by atoms with E-state index in [1.165, 1.54) is 6.33 Å². The quantitative estimate of drug-likeness (QED) is 0.712. The lowest BCUT2D eigenvalue weighted by atomic mass is 9.97. The summed E-state index contributed by atoms with van der Waals surface area (Å²) < 4.78 is 13.5. The van der Waals surface area contributed by atoms with Crippen molar-refractivity contribution < 1.29 is 9.50 Å². The van der Waals surface area contributed by atoms with E-state index in [1.807, 2.05) is 0 Å². The van der Waals surface area contributed by atoms with Crippen molar-refractivity contribution in [2.24, 2.45) is 0 Å². The molecule has 0 spiro atoms. The number of rotatable bonds is 1. The van der Waals surface area contributed by atoms with E-state index in [1.54, 1.807) is 18.7 Å². The average Bonchev–Trinajstić information content (AvgIpc) is 2.06. The van der Waals surface area contributed by atoms with Crippen molar-refractivity contribution in [2.75, 3.05) is 18.0 Å². The first-order valence-electron chi connectivity index (χ1n) is 4.44. The number of β-amino-alcohol motifs (C(OH)–C–C–N with tert-alkyl or cyclic N) is 1. The predicted molar refractivity (Wildman–Crippen MR) is 49.6 cm³/mol. The Balaban J connectivity index is 2.23. The normalized spacial score (nSPS) is 19.3. The smallest absolute Gasteiger partial charge is 0.186 e. The second-order valence-corrected chi connectivity index (χ2v) is 3.95. The van der Waals surface area contributed by atoms with Crippen LogP contribution in [0.3, 0.4) is 0 Å². The summed E-state index contributed by atoms with van der Waals surface area (Å²) in [5.41, 5.74) is -0.382. The highest BCUT2D eigenvalue weighted by Crippen LogP contribution is 2.27. The van der Waals surface area contributed by atoms with Gasteiger partial charge in [0.2, 0.25) is 0 Å². The lowest BCUT2D eigenvalue weighted by molar-refractivity contribution is 0.0300. The molecule has 1 aromatic heterocycles. The summed E-state index contributed by atoms with van der Waals surface area (Å²) in [4.78, 5) is 9.30. The summed E-state index contributed by atoms with van der Waals surface area (Å²) in [5.74, 6) is -0.118. The summed E-state index contributed by atoms with van der Waals surface area (Å²) in [7, 11) is 0. The van der Waals surface area contributed by atoms with E-state index in [4.69, 9.17) is 0 Å². The second kappa shape index (κ2) is 2.88. The summed E-state index contributed by atoms with van der Waals surface area (Å²) in [6.07, 6.45) is 1.33. The van der Waals surface area contributed by atoms with Gasteiger partial charge in [0.15, 0.2) is 11.6 Å². The van der Waals surface area contributed by atoms with Crippen LogP contribution in [0.2, 0.25) is 0 Å². The van der Waals surface area contributed by atoms with Crippen molar-refractivity contribution in [3.8, 4) is 0 Å². The molecule has 14 heavy (non-hydrogen) atoms. The van der Waals surface area contributed by atoms with Gasteiger partial charge in [-0.25, -0.2) is 14.4 Å². The lowest BCUT2D eigenvalue weighted by Gasteiger charge is -2.44. The number of aromatic nitrogens is 2. The van der Waals surface area contributed by atoms with Gasteiger partial charge in [0.05, 0.1) is 11.3 Å². The predicted octanol–water partition coefficient (Wildman–Crippen LogP) is 0.495. The van der Waals surface area contributed by atoms with Crippen LogP contribution in [0.15, 0.2) is 6.33 Å². The molecule has 0 amide bonds. The molecule has 2 heterocycles. The molecule has 1 fully saturated rings. The van der Waals surface area contributed by atoms with Gasteiger partial charge in [-0.1, -0.05) is 0 Å². The van der Waals surface area contributed by atoms with Crippen LogP contribution >= 0.6 is 0 Å². The summed E-state index contributed by atoms with van der Waals surface area (Å²) in [6.45, 7) is 4.15. The molecule has 1 aliphatic rings. The topological polar surface area (TPSA) is 49.2 Å². The molecule has 0 aromatic carbocycles. The SMILES string of the molecule is Cc1ncnc(N2CC(C)(O)C2)c1F. The molecule has 0 radical (unpaired) electrons. The first-order chi connectivity index (χ1) is 6.49. The number of hydrogen-bond acceptors (Lipinski definition) is 4. The van der Waals surface area contributed by atoms with Gasteiger partial charge in [-0.2, -0.15) is 0 Å². The molecule has 0 saturated carbocycles. The number of nitrogens with zero attached hydrogens (tertiary/aromatic N) is 3. The Bertz CT molecular complexity index is 359. The molecule has 0 aliphatic carbocycles. The molecule has 0 bridgehead atoms. The number of halogens is 1. The van der Waals surface area contributed by atoms with E-state index in [0.29, 0.717) is 18.8 Å². The third kappa shape index (κ3) is 1.43. The van der Waals surface area contributed by atoms with Crippen molar-refractivity contribution in [3.05, 3.63) is 17.8 Å². The zero-order chi connectivity index (χ0) is 10.3. The van der Waals surface area contributed by atoms with E-state index in [-0.39, 0.29) is 5.82 Å².